The summed E-state index contributed by atoms with van der Waals surface area (Å²) in [6.45, 7) is 1.07. The summed E-state index contributed by atoms with van der Waals surface area (Å²) in [5.74, 6) is -0.335. The van der Waals surface area contributed by atoms with Crippen molar-refractivity contribution in [3.05, 3.63) is 10.5 Å². The summed E-state index contributed by atoms with van der Waals surface area (Å²) in [5.41, 5.74) is 4.72. The van der Waals surface area contributed by atoms with Gasteiger partial charge in [0.2, 0.25) is 5.91 Å². The fourth-order valence-electron chi connectivity index (χ4n) is 1.11. The van der Waals surface area contributed by atoms with E-state index < -0.39 is 5.91 Å². The van der Waals surface area contributed by atoms with Crippen LogP contribution in [-0.4, -0.2) is 40.1 Å². The summed E-state index contributed by atoms with van der Waals surface area (Å²) in [5, 5.41) is 6.61. The van der Waals surface area contributed by atoms with Gasteiger partial charge in [-0.2, -0.15) is 0 Å². The molecule has 1 heterocycles. The predicted octanol–water partition coefficient (Wildman–Crippen LogP) is -0.815. The van der Waals surface area contributed by atoms with Gasteiger partial charge in [-0.3, -0.25) is 9.36 Å². The number of hydrogen-bond donors (Lipinski definition) is 2. The number of methoxy groups -OCH3 is 1. The van der Waals surface area contributed by atoms with E-state index in [-0.39, 0.29) is 11.4 Å². The van der Waals surface area contributed by atoms with Crippen LogP contribution >= 0.6 is 11.8 Å². The lowest BCUT2D eigenvalue weighted by molar-refractivity contribution is -0.115. The highest BCUT2D eigenvalue weighted by atomic mass is 32.2. The molecule has 8 heteroatoms. The molecule has 3 N–H and O–H groups in total. The van der Waals surface area contributed by atoms with E-state index >= 15 is 0 Å². The number of hydrogen-bond acceptors (Lipinski definition) is 5. The number of nitrogens with one attached hydrogen (secondary N) is 1. The van der Waals surface area contributed by atoms with Gasteiger partial charge in [0.15, 0.2) is 5.16 Å². The standard InChI is InChI=1S/C8H14N4O3S/c1-15-4-2-3-12-7(14)10-11-8(12)16-5-6(9)13/h2-5H2,1H3,(H2,9,13)(H,10,14). The van der Waals surface area contributed by atoms with Crippen LogP contribution in [0.2, 0.25) is 0 Å². The van der Waals surface area contributed by atoms with Gasteiger partial charge in [0.25, 0.3) is 0 Å². The molecule has 0 aliphatic carbocycles. The fraction of sp³-hybridized carbons (Fsp3) is 0.625. The molecule has 0 aliphatic rings. The van der Waals surface area contributed by atoms with Crippen LogP contribution < -0.4 is 11.4 Å². The Morgan fingerprint density at radius 3 is 3.06 bits per heavy atom. The van der Waals surface area contributed by atoms with Gasteiger partial charge < -0.3 is 10.5 Å². The SMILES string of the molecule is COCCCn1c(SCC(N)=O)n[nH]c1=O. The minimum absolute atomic E-state index is 0.106. The number of rotatable bonds is 7. The quantitative estimate of drug-likeness (QED) is 0.483. The average Bonchev–Trinajstić information content (AvgIpc) is 2.58. The summed E-state index contributed by atoms with van der Waals surface area (Å²) in [7, 11) is 1.60. The molecule has 7 nitrogen and oxygen atoms in total. The number of carbonyl (C=O) groups excluding carboxylic acids is 1. The maximum absolute atomic E-state index is 11.4. The number of nitrogens with zero attached hydrogens (tertiary/aromatic N) is 2. The van der Waals surface area contributed by atoms with E-state index in [2.05, 4.69) is 10.2 Å². The lowest BCUT2D eigenvalue weighted by atomic mass is 10.4. The molecule has 0 spiro atoms. The molecule has 0 aromatic carbocycles. The Labute approximate surface area is 96.3 Å². The molecule has 0 fully saturated rings. The third-order valence-electron chi connectivity index (χ3n) is 1.80. The molecule has 0 radical (unpaired) electrons. The number of nitrogens with two attached hydrogens (primary N) is 1. The zero-order chi connectivity index (χ0) is 12.0. The molecule has 16 heavy (non-hydrogen) atoms. The minimum atomic E-state index is -0.441. The van der Waals surface area contributed by atoms with Gasteiger partial charge in [-0.05, 0) is 6.42 Å². The molecule has 0 bridgehead atoms. The Hall–Kier alpha value is -1.28. The van der Waals surface area contributed by atoms with Crippen LogP contribution in [0.3, 0.4) is 0 Å². The summed E-state index contributed by atoms with van der Waals surface area (Å²) in [6, 6.07) is 0. The number of thioether (sulfide) groups is 1. The van der Waals surface area contributed by atoms with E-state index in [1.807, 2.05) is 0 Å². The number of ether oxygens (including phenoxy) is 1. The van der Waals surface area contributed by atoms with Crippen LogP contribution in [0.4, 0.5) is 0 Å². The largest absolute Gasteiger partial charge is 0.385 e. The molecule has 0 aliphatic heterocycles. The number of primary amides is 1. The van der Waals surface area contributed by atoms with Crippen LogP contribution in [0.1, 0.15) is 6.42 Å². The van der Waals surface area contributed by atoms with Gasteiger partial charge in [0.05, 0.1) is 5.75 Å². The highest BCUT2D eigenvalue weighted by molar-refractivity contribution is 7.99. The van der Waals surface area contributed by atoms with E-state index in [1.165, 1.54) is 4.57 Å². The van der Waals surface area contributed by atoms with E-state index in [0.717, 1.165) is 11.8 Å². The highest BCUT2D eigenvalue weighted by Gasteiger charge is 2.09. The summed E-state index contributed by atoms with van der Waals surface area (Å²) in [6.07, 6.45) is 0.708. The highest BCUT2D eigenvalue weighted by Crippen LogP contribution is 2.12. The molecule has 1 aromatic rings. The number of aromatic amines is 1. The van der Waals surface area contributed by atoms with E-state index in [0.29, 0.717) is 24.7 Å². The van der Waals surface area contributed by atoms with Crippen LogP contribution in [-0.2, 0) is 16.1 Å². The minimum Gasteiger partial charge on any atom is -0.385 e. The topological polar surface area (TPSA) is 103 Å². The second kappa shape index (κ2) is 6.33. The van der Waals surface area contributed by atoms with Crippen LogP contribution in [0, 0.1) is 0 Å². The monoisotopic (exact) mass is 246 g/mol. The van der Waals surface area contributed by atoms with Gasteiger partial charge in [0, 0.05) is 20.3 Å². The summed E-state index contributed by atoms with van der Waals surface area (Å²) >= 11 is 1.14. The molecule has 1 rings (SSSR count). The second-order valence-corrected chi connectivity index (χ2v) is 4.01. The lowest BCUT2D eigenvalue weighted by Crippen LogP contribution is -2.19. The van der Waals surface area contributed by atoms with E-state index in [1.54, 1.807) is 7.11 Å². The van der Waals surface area contributed by atoms with Crippen molar-refractivity contribution in [2.24, 2.45) is 5.73 Å². The smallest absolute Gasteiger partial charge is 0.343 e. The van der Waals surface area contributed by atoms with Gasteiger partial charge in [-0.15, -0.1) is 5.10 Å². The van der Waals surface area contributed by atoms with Crippen molar-refractivity contribution in [3.8, 4) is 0 Å². The van der Waals surface area contributed by atoms with Crippen molar-refractivity contribution in [2.45, 2.75) is 18.1 Å². The van der Waals surface area contributed by atoms with Crippen molar-refractivity contribution in [1.29, 1.82) is 0 Å². The first kappa shape index (κ1) is 12.8. The van der Waals surface area contributed by atoms with Gasteiger partial charge in [-0.25, -0.2) is 9.89 Å². The third-order valence-corrected chi connectivity index (χ3v) is 2.80. The third kappa shape index (κ3) is 3.70. The first-order valence-corrected chi connectivity index (χ1v) is 5.69. The molecule has 1 amide bonds. The van der Waals surface area contributed by atoms with Crippen LogP contribution in [0.5, 0.6) is 0 Å². The molecule has 0 saturated heterocycles. The van der Waals surface area contributed by atoms with Crippen molar-refractivity contribution < 1.29 is 9.53 Å². The predicted molar refractivity (Wildman–Crippen MR) is 59.3 cm³/mol. The molecule has 90 valence electrons. The molecule has 0 unspecified atom stereocenters. The van der Waals surface area contributed by atoms with Crippen molar-refractivity contribution in [1.82, 2.24) is 14.8 Å². The first-order valence-electron chi connectivity index (χ1n) is 4.70. The maximum atomic E-state index is 11.4. The summed E-state index contributed by atoms with van der Waals surface area (Å²) in [4.78, 5) is 22.0. The zero-order valence-corrected chi connectivity index (χ0v) is 9.75. The van der Waals surface area contributed by atoms with Gasteiger partial charge >= 0.3 is 5.69 Å². The van der Waals surface area contributed by atoms with E-state index in [9.17, 15) is 9.59 Å². The molecular weight excluding hydrogens is 232 g/mol. The molecule has 0 saturated carbocycles. The second-order valence-electron chi connectivity index (χ2n) is 3.06. The Morgan fingerprint density at radius 2 is 2.44 bits per heavy atom. The lowest BCUT2D eigenvalue weighted by Gasteiger charge is -2.03. The van der Waals surface area contributed by atoms with Crippen LogP contribution in [0.25, 0.3) is 0 Å². The number of H-pyrrole nitrogens is 1. The Bertz CT molecular complexity index is 400. The number of amides is 1. The number of aromatic nitrogens is 3. The number of carbonyl (C=O) groups is 1. The summed E-state index contributed by atoms with van der Waals surface area (Å²) < 4.78 is 6.36. The van der Waals surface area contributed by atoms with E-state index in [4.69, 9.17) is 10.5 Å². The van der Waals surface area contributed by atoms with Gasteiger partial charge in [-0.1, -0.05) is 11.8 Å². The zero-order valence-electron chi connectivity index (χ0n) is 8.93. The first-order chi connectivity index (χ1) is 7.65. The van der Waals surface area contributed by atoms with Crippen LogP contribution in [0.15, 0.2) is 9.95 Å². The fourth-order valence-corrected chi connectivity index (χ4v) is 1.82. The van der Waals surface area contributed by atoms with Crippen molar-refractivity contribution in [2.75, 3.05) is 19.5 Å². The maximum Gasteiger partial charge on any atom is 0.343 e. The Balaban J connectivity index is 2.62. The van der Waals surface area contributed by atoms with Crippen molar-refractivity contribution in [3.63, 3.8) is 0 Å². The Morgan fingerprint density at radius 1 is 1.69 bits per heavy atom. The average molecular weight is 246 g/mol. The van der Waals surface area contributed by atoms with Gasteiger partial charge in [0.1, 0.15) is 0 Å². The molecule has 1 aromatic heterocycles. The Kier molecular flexibility index (Phi) is 5.06. The molecular formula is C8H14N4O3S. The normalized spacial score (nSPS) is 10.6. The van der Waals surface area contributed by atoms with Crippen molar-refractivity contribution >= 4 is 17.7 Å². The molecule has 0 atom stereocenters.